The van der Waals surface area contributed by atoms with Gasteiger partial charge in [-0.25, -0.2) is 0 Å². The number of unbranched alkanes of at least 4 members (excludes halogenated alkanes) is 1. The van der Waals surface area contributed by atoms with Gasteiger partial charge < -0.3 is 15.3 Å². The third-order valence-electron chi connectivity index (χ3n) is 4.34. The summed E-state index contributed by atoms with van der Waals surface area (Å²) in [6.45, 7) is 4.49. The molecule has 0 saturated heterocycles. The van der Waals surface area contributed by atoms with Gasteiger partial charge in [-0.15, -0.1) is 10.2 Å². The summed E-state index contributed by atoms with van der Waals surface area (Å²) < 4.78 is 5.84. The number of allylic oxidation sites excluding steroid dienone is 1. The molecule has 0 aliphatic carbocycles. The van der Waals surface area contributed by atoms with E-state index in [2.05, 4.69) is 48.3 Å². The number of hydrogen-bond donors (Lipinski definition) is 2. The first-order chi connectivity index (χ1) is 14.5. The van der Waals surface area contributed by atoms with Crippen molar-refractivity contribution in [1.82, 2.24) is 10.2 Å². The standard InChI is InChI=1S/C21H22N2O.C3H7NO2/c1-3-4-8-19(17-9-6-5-7-10-17)15-20-22-23-21(24-20)18-13-11-16(2)12-14-18;4-2-1-3(5)6/h5-7,9-15H,3-4,8H2,1-2H3;1-2,4H2,(H,5,6)/b19-15+;. The number of aromatic nitrogens is 2. The number of carbonyl (C=O) groups is 1. The van der Waals surface area contributed by atoms with Crippen LogP contribution >= 0.6 is 0 Å². The average molecular weight is 408 g/mol. The summed E-state index contributed by atoms with van der Waals surface area (Å²) in [5, 5.41) is 16.2. The van der Waals surface area contributed by atoms with Crippen LogP contribution < -0.4 is 5.73 Å². The van der Waals surface area contributed by atoms with Crippen molar-refractivity contribution in [2.24, 2.45) is 5.73 Å². The molecule has 3 N–H and O–H groups in total. The van der Waals surface area contributed by atoms with E-state index >= 15 is 0 Å². The van der Waals surface area contributed by atoms with E-state index in [0.29, 0.717) is 11.8 Å². The molecule has 0 atom stereocenters. The molecule has 3 aromatic rings. The molecule has 0 unspecified atom stereocenters. The second kappa shape index (κ2) is 12.3. The molecule has 0 amide bonds. The van der Waals surface area contributed by atoms with Crippen molar-refractivity contribution in [3.8, 4) is 11.5 Å². The zero-order valence-corrected chi connectivity index (χ0v) is 17.5. The SMILES string of the molecule is CCCC/C(=C\c1nnc(-c2ccc(C)cc2)o1)c1ccccc1.NCCC(=O)O. The van der Waals surface area contributed by atoms with Gasteiger partial charge in [0, 0.05) is 18.2 Å². The number of nitrogens with two attached hydrogens (primary N) is 1. The van der Waals surface area contributed by atoms with Crippen molar-refractivity contribution in [2.45, 2.75) is 39.5 Å². The van der Waals surface area contributed by atoms with Crippen molar-refractivity contribution < 1.29 is 14.3 Å². The lowest BCUT2D eigenvalue weighted by Crippen LogP contribution is -2.05. The van der Waals surface area contributed by atoms with E-state index in [9.17, 15) is 4.79 Å². The number of aliphatic carboxylic acids is 1. The van der Waals surface area contributed by atoms with Crippen LogP contribution in [0.15, 0.2) is 59.0 Å². The van der Waals surface area contributed by atoms with Gasteiger partial charge in [0.2, 0.25) is 11.8 Å². The Hall–Kier alpha value is -3.25. The normalized spacial score (nSPS) is 11.0. The number of nitrogens with zero attached hydrogens (tertiary/aromatic N) is 2. The molecular formula is C24H29N3O3. The lowest BCUT2D eigenvalue weighted by Gasteiger charge is -2.06. The van der Waals surface area contributed by atoms with Crippen molar-refractivity contribution >= 4 is 17.6 Å². The first-order valence-electron chi connectivity index (χ1n) is 10.1. The molecule has 0 fully saturated rings. The molecule has 0 spiro atoms. The molecule has 6 nitrogen and oxygen atoms in total. The van der Waals surface area contributed by atoms with Crippen molar-refractivity contribution in [1.29, 1.82) is 0 Å². The van der Waals surface area contributed by atoms with Gasteiger partial charge >= 0.3 is 5.97 Å². The highest BCUT2D eigenvalue weighted by Crippen LogP contribution is 2.25. The summed E-state index contributed by atoms with van der Waals surface area (Å²) >= 11 is 0. The number of hydrogen-bond acceptors (Lipinski definition) is 5. The van der Waals surface area contributed by atoms with Gasteiger partial charge in [-0.05, 0) is 43.0 Å². The third kappa shape index (κ3) is 7.64. The fourth-order valence-corrected chi connectivity index (χ4v) is 2.70. The minimum atomic E-state index is -0.836. The number of rotatable bonds is 8. The average Bonchev–Trinajstić information content (AvgIpc) is 3.21. The fourth-order valence-electron chi connectivity index (χ4n) is 2.70. The molecule has 6 heteroatoms. The second-order valence-electron chi connectivity index (χ2n) is 6.88. The van der Waals surface area contributed by atoms with Gasteiger partial charge in [0.25, 0.3) is 0 Å². The van der Waals surface area contributed by atoms with Gasteiger partial charge in [-0.2, -0.15) is 0 Å². The maximum absolute atomic E-state index is 9.52. The fraction of sp³-hybridized carbons (Fsp3) is 0.292. The Morgan fingerprint density at radius 2 is 1.77 bits per heavy atom. The summed E-state index contributed by atoms with van der Waals surface area (Å²) in [6.07, 6.45) is 5.38. The highest BCUT2D eigenvalue weighted by Gasteiger charge is 2.09. The quantitative estimate of drug-likeness (QED) is 0.532. The summed E-state index contributed by atoms with van der Waals surface area (Å²) in [7, 11) is 0. The smallest absolute Gasteiger partial charge is 0.304 e. The lowest BCUT2D eigenvalue weighted by atomic mass is 10.00. The Balaban J connectivity index is 0.000000469. The minimum absolute atomic E-state index is 0.0694. The summed E-state index contributed by atoms with van der Waals surface area (Å²) in [6, 6.07) is 18.5. The van der Waals surface area contributed by atoms with Gasteiger partial charge in [-0.3, -0.25) is 4.79 Å². The molecule has 0 aliphatic rings. The van der Waals surface area contributed by atoms with E-state index < -0.39 is 5.97 Å². The van der Waals surface area contributed by atoms with Gasteiger partial charge in [0.05, 0.1) is 6.42 Å². The molecule has 0 aliphatic heterocycles. The number of carboxylic acid groups (broad SMARTS) is 1. The molecule has 158 valence electrons. The van der Waals surface area contributed by atoms with Crippen LogP contribution in [0.4, 0.5) is 0 Å². The predicted octanol–water partition coefficient (Wildman–Crippen LogP) is 5.20. The maximum atomic E-state index is 9.52. The first kappa shape index (κ1) is 23.0. The Labute approximate surface area is 177 Å². The van der Waals surface area contributed by atoms with Crippen molar-refractivity contribution in [3.63, 3.8) is 0 Å². The van der Waals surface area contributed by atoms with E-state index in [-0.39, 0.29) is 13.0 Å². The first-order valence-corrected chi connectivity index (χ1v) is 10.1. The van der Waals surface area contributed by atoms with Crippen LogP contribution in [0.25, 0.3) is 23.1 Å². The Morgan fingerprint density at radius 3 is 2.33 bits per heavy atom. The highest BCUT2D eigenvalue weighted by molar-refractivity contribution is 5.79. The van der Waals surface area contributed by atoms with Crippen LogP contribution in [0.5, 0.6) is 0 Å². The van der Waals surface area contributed by atoms with Crippen LogP contribution in [-0.4, -0.2) is 27.8 Å². The van der Waals surface area contributed by atoms with Gasteiger partial charge in [0.1, 0.15) is 0 Å². The van der Waals surface area contributed by atoms with E-state index in [1.165, 1.54) is 16.7 Å². The van der Waals surface area contributed by atoms with Gasteiger partial charge in [0.15, 0.2) is 0 Å². The van der Waals surface area contributed by atoms with Crippen LogP contribution in [-0.2, 0) is 4.79 Å². The molecule has 0 bridgehead atoms. The van der Waals surface area contributed by atoms with E-state index in [4.69, 9.17) is 15.3 Å². The maximum Gasteiger partial charge on any atom is 0.304 e. The number of aryl methyl sites for hydroxylation is 1. The molecule has 0 saturated carbocycles. The van der Waals surface area contributed by atoms with E-state index in [1.807, 2.05) is 36.4 Å². The Kier molecular flexibility index (Phi) is 9.48. The largest absolute Gasteiger partial charge is 0.481 e. The molecular weight excluding hydrogens is 378 g/mol. The molecule has 0 radical (unpaired) electrons. The van der Waals surface area contributed by atoms with Crippen LogP contribution in [0.3, 0.4) is 0 Å². The van der Waals surface area contributed by atoms with Crippen molar-refractivity contribution in [3.05, 3.63) is 71.6 Å². The second-order valence-corrected chi connectivity index (χ2v) is 6.88. The zero-order valence-electron chi connectivity index (χ0n) is 17.5. The number of benzene rings is 2. The van der Waals surface area contributed by atoms with E-state index in [1.54, 1.807) is 0 Å². The molecule has 1 aromatic heterocycles. The van der Waals surface area contributed by atoms with Crippen molar-refractivity contribution in [2.75, 3.05) is 6.54 Å². The van der Waals surface area contributed by atoms with Crippen LogP contribution in [0.2, 0.25) is 0 Å². The Bertz CT molecular complexity index is 932. The summed E-state index contributed by atoms with van der Waals surface area (Å²) in [5.41, 5.74) is 9.45. The minimum Gasteiger partial charge on any atom is -0.481 e. The van der Waals surface area contributed by atoms with E-state index in [0.717, 1.165) is 24.8 Å². The molecule has 1 heterocycles. The zero-order chi connectivity index (χ0) is 21.8. The monoisotopic (exact) mass is 407 g/mol. The highest BCUT2D eigenvalue weighted by atomic mass is 16.4. The Morgan fingerprint density at radius 1 is 1.07 bits per heavy atom. The summed E-state index contributed by atoms with van der Waals surface area (Å²) in [4.78, 5) is 9.52. The van der Waals surface area contributed by atoms with Gasteiger partial charge in [-0.1, -0.05) is 61.4 Å². The third-order valence-corrected chi connectivity index (χ3v) is 4.34. The topological polar surface area (TPSA) is 102 Å². The molecule has 2 aromatic carbocycles. The predicted molar refractivity (Wildman–Crippen MR) is 120 cm³/mol. The van der Waals surface area contributed by atoms with Crippen LogP contribution in [0.1, 0.15) is 49.6 Å². The summed E-state index contributed by atoms with van der Waals surface area (Å²) in [5.74, 6) is 0.280. The van der Waals surface area contributed by atoms with Crippen LogP contribution in [0, 0.1) is 6.92 Å². The lowest BCUT2D eigenvalue weighted by molar-refractivity contribution is -0.136. The molecule has 30 heavy (non-hydrogen) atoms. The molecule has 3 rings (SSSR count). The number of carboxylic acids is 1.